The average molecular weight is 223 g/mol. The maximum atomic E-state index is 9.04. The van der Waals surface area contributed by atoms with E-state index in [9.17, 15) is 0 Å². The number of alkyl halides is 1. The zero-order valence-electron chi connectivity index (χ0n) is 8.40. The van der Waals surface area contributed by atoms with Crippen LogP contribution in [-0.2, 0) is 4.84 Å². The molecule has 1 atom stereocenters. The fourth-order valence-electron chi connectivity index (χ4n) is 1.61. The summed E-state index contributed by atoms with van der Waals surface area (Å²) >= 11 is 5.34. The van der Waals surface area contributed by atoms with E-state index < -0.39 is 0 Å². The van der Waals surface area contributed by atoms with Gasteiger partial charge in [0.1, 0.15) is 0 Å². The molecule has 6 heteroatoms. The van der Waals surface area contributed by atoms with Crippen LogP contribution in [0.3, 0.4) is 0 Å². The lowest BCUT2D eigenvalue weighted by molar-refractivity contribution is -0.741. The van der Waals surface area contributed by atoms with Gasteiger partial charge in [-0.15, -0.1) is 0 Å². The van der Waals surface area contributed by atoms with Crippen LogP contribution in [0.2, 0.25) is 0 Å². The number of aliphatic hydroxyl groups excluding tert-OH is 1. The molecule has 0 amide bonds. The van der Waals surface area contributed by atoms with Gasteiger partial charge >= 0.3 is 0 Å². The molecule has 82 valence electrons. The minimum atomic E-state index is 0.0572. The molecule has 1 heterocycles. The van der Waals surface area contributed by atoms with Gasteiger partial charge in [-0.05, 0) is 12.8 Å². The normalized spacial score (nSPS) is 23.8. The molecule has 14 heavy (non-hydrogen) atoms. The molecule has 1 N–H and O–H groups in total. The van der Waals surface area contributed by atoms with Crippen molar-refractivity contribution in [2.24, 2.45) is 11.2 Å². The topological polar surface area (TPSA) is 48.1 Å². The fourth-order valence-corrected chi connectivity index (χ4v) is 1.66. The van der Waals surface area contributed by atoms with E-state index >= 15 is 0 Å². The van der Waals surface area contributed by atoms with Crippen molar-refractivity contribution in [1.82, 2.24) is 5.01 Å². The molecule has 0 aromatic rings. The molecule has 1 saturated heterocycles. The predicted octanol–water partition coefficient (Wildman–Crippen LogP) is 0.828. The summed E-state index contributed by atoms with van der Waals surface area (Å²) in [7, 11) is 1.81. The van der Waals surface area contributed by atoms with E-state index in [1.165, 1.54) is 0 Å². The van der Waals surface area contributed by atoms with Crippen molar-refractivity contribution < 1.29 is 14.8 Å². The zero-order chi connectivity index (χ0) is 10.4. The minimum absolute atomic E-state index is 0.0572. The molecular formula is C8H17ClN3O2+. The molecule has 0 aliphatic carbocycles. The summed E-state index contributed by atoms with van der Waals surface area (Å²) in [5.41, 5.74) is 0. The van der Waals surface area contributed by atoms with E-state index in [-0.39, 0.29) is 12.7 Å². The molecule has 0 spiro atoms. The van der Waals surface area contributed by atoms with Crippen LogP contribution in [0.1, 0.15) is 12.8 Å². The molecule has 0 saturated carbocycles. The van der Waals surface area contributed by atoms with Gasteiger partial charge in [0.05, 0.1) is 13.1 Å². The molecule has 1 unspecified atom stereocenters. The summed E-state index contributed by atoms with van der Waals surface area (Å²) in [5.74, 6) is 0.345. The Kier molecular flexibility index (Phi) is 4.97. The number of hydrazine groups is 1. The maximum Gasteiger partial charge on any atom is 0.219 e. The monoisotopic (exact) mass is 222 g/mol. The van der Waals surface area contributed by atoms with Gasteiger partial charge in [-0.2, -0.15) is 5.01 Å². The number of halogens is 1. The molecule has 5 nitrogen and oxygen atoms in total. The highest BCUT2D eigenvalue weighted by Crippen LogP contribution is 2.15. The second kappa shape index (κ2) is 6.03. The van der Waals surface area contributed by atoms with Gasteiger partial charge in [0.15, 0.2) is 13.1 Å². The number of aliphatic hydroxyl groups is 1. The highest BCUT2D eigenvalue weighted by atomic mass is 35.5. The summed E-state index contributed by atoms with van der Waals surface area (Å²) in [6.07, 6.45) is 2.16. The van der Waals surface area contributed by atoms with E-state index in [2.05, 4.69) is 5.28 Å². The first-order valence-electron chi connectivity index (χ1n) is 4.76. The van der Waals surface area contributed by atoms with Crippen molar-refractivity contribution in [3.8, 4) is 0 Å². The number of rotatable bonds is 4. The third-order valence-corrected chi connectivity index (χ3v) is 2.49. The van der Waals surface area contributed by atoms with Gasteiger partial charge in [0, 0.05) is 17.3 Å². The second-order valence-electron chi connectivity index (χ2n) is 3.41. The van der Waals surface area contributed by atoms with Gasteiger partial charge in [-0.1, -0.05) is 11.6 Å². The molecule has 1 aliphatic rings. The quantitative estimate of drug-likeness (QED) is 0.332. The van der Waals surface area contributed by atoms with Crippen molar-refractivity contribution in [3.63, 3.8) is 0 Å². The summed E-state index contributed by atoms with van der Waals surface area (Å²) < 4.78 is 0. The van der Waals surface area contributed by atoms with Crippen LogP contribution in [0.4, 0.5) is 0 Å². The average Bonchev–Trinajstić information content (AvgIpc) is 2.26. The summed E-state index contributed by atoms with van der Waals surface area (Å²) in [4.78, 5) is 6.37. The van der Waals surface area contributed by atoms with Crippen LogP contribution in [0.5, 0.6) is 0 Å². The van der Waals surface area contributed by atoms with Gasteiger partial charge in [0.25, 0.3) is 0 Å². The highest BCUT2D eigenvalue weighted by Gasteiger charge is 2.24. The van der Waals surface area contributed by atoms with E-state index in [1.54, 1.807) is 4.81 Å². The predicted molar refractivity (Wildman–Crippen MR) is 51.8 cm³/mol. The van der Waals surface area contributed by atoms with Gasteiger partial charge in [0.2, 0.25) is 5.28 Å². The van der Waals surface area contributed by atoms with Crippen LogP contribution in [0.25, 0.3) is 0 Å². The fraction of sp³-hybridized carbons (Fsp3) is 1.00. The van der Waals surface area contributed by atoms with Crippen molar-refractivity contribution >= 4 is 11.6 Å². The largest absolute Gasteiger partial charge is 0.396 e. The number of hydrogen-bond acceptors (Lipinski definition) is 3. The van der Waals surface area contributed by atoms with E-state index in [4.69, 9.17) is 21.5 Å². The third kappa shape index (κ3) is 3.31. The lowest BCUT2D eigenvalue weighted by Crippen LogP contribution is -2.41. The standard InChI is InChI=1S/C8H17ClN3O2/c1-11(10-14-7-9)12-4-2-3-8(5-12)6-13/h8,13H,2-7H2,1H3/q+1/b11-10+. The van der Waals surface area contributed by atoms with E-state index in [1.807, 2.05) is 12.1 Å². The molecule has 0 aromatic carbocycles. The molecule has 1 fully saturated rings. The van der Waals surface area contributed by atoms with Crippen molar-refractivity contribution in [2.75, 3.05) is 32.8 Å². The van der Waals surface area contributed by atoms with Crippen LogP contribution in [0.15, 0.2) is 5.28 Å². The number of piperidine rings is 1. The van der Waals surface area contributed by atoms with Crippen LogP contribution < -0.4 is 0 Å². The molecular weight excluding hydrogens is 206 g/mol. The van der Waals surface area contributed by atoms with Gasteiger partial charge in [-0.3, -0.25) is 0 Å². The van der Waals surface area contributed by atoms with E-state index in [0.717, 1.165) is 25.9 Å². The van der Waals surface area contributed by atoms with Gasteiger partial charge in [-0.25, -0.2) is 0 Å². The maximum absolute atomic E-state index is 9.04. The van der Waals surface area contributed by atoms with Gasteiger partial charge < -0.3 is 9.94 Å². The first kappa shape index (κ1) is 11.5. The number of hydrogen-bond donors (Lipinski definition) is 1. The van der Waals surface area contributed by atoms with Crippen LogP contribution >= 0.6 is 11.6 Å². The molecule has 0 bridgehead atoms. The first-order chi connectivity index (χ1) is 6.77. The lowest BCUT2D eigenvalue weighted by Gasteiger charge is -2.26. The van der Waals surface area contributed by atoms with Crippen LogP contribution in [-0.4, -0.2) is 47.7 Å². The van der Waals surface area contributed by atoms with Crippen molar-refractivity contribution in [2.45, 2.75) is 12.8 Å². The second-order valence-corrected chi connectivity index (χ2v) is 3.63. The Morgan fingerprint density at radius 2 is 2.50 bits per heavy atom. The molecule has 1 rings (SSSR count). The first-order valence-corrected chi connectivity index (χ1v) is 5.29. The molecule has 0 radical (unpaired) electrons. The summed E-state index contributed by atoms with van der Waals surface area (Å²) in [5, 5.41) is 14.9. The SMILES string of the molecule is C/[N+](=N\OCCl)N1CCCC(CO)C1. The summed E-state index contributed by atoms with van der Waals surface area (Å²) in [6.45, 7) is 2.00. The number of nitrogens with zero attached hydrogens (tertiary/aromatic N) is 3. The Morgan fingerprint density at radius 3 is 3.14 bits per heavy atom. The minimum Gasteiger partial charge on any atom is -0.396 e. The van der Waals surface area contributed by atoms with Crippen LogP contribution in [0, 0.1) is 5.92 Å². The third-order valence-electron chi connectivity index (χ3n) is 2.39. The Hall–Kier alpha value is -0.550. The van der Waals surface area contributed by atoms with E-state index in [0.29, 0.717) is 5.92 Å². The lowest BCUT2D eigenvalue weighted by atomic mass is 10.0. The highest BCUT2D eigenvalue weighted by molar-refractivity contribution is 6.17. The zero-order valence-corrected chi connectivity index (χ0v) is 9.15. The van der Waals surface area contributed by atoms with Crippen molar-refractivity contribution in [3.05, 3.63) is 0 Å². The summed E-state index contributed by atoms with van der Waals surface area (Å²) in [6, 6.07) is 0.0572. The molecule has 1 aliphatic heterocycles. The Bertz CT molecular complexity index is 201. The van der Waals surface area contributed by atoms with Crippen molar-refractivity contribution in [1.29, 1.82) is 0 Å². The smallest absolute Gasteiger partial charge is 0.219 e. The Labute approximate surface area is 88.8 Å². The Balaban J connectivity index is 2.42. The molecule has 0 aromatic heterocycles. The Morgan fingerprint density at radius 1 is 1.71 bits per heavy atom.